The maximum absolute atomic E-state index is 12.3. The molecule has 1 saturated carbocycles. The highest BCUT2D eigenvalue weighted by atomic mass is 16.2. The van der Waals surface area contributed by atoms with E-state index in [2.05, 4.69) is 6.92 Å². The zero-order valence-corrected chi connectivity index (χ0v) is 11.2. The normalized spacial score (nSPS) is 23.7. The second kappa shape index (κ2) is 7.36. The highest BCUT2D eigenvalue weighted by Crippen LogP contribution is 2.25. The van der Waals surface area contributed by atoms with Crippen molar-refractivity contribution in [1.29, 1.82) is 0 Å². The largest absolute Gasteiger partial charge is 0.368 e. The molecular weight excluding hydrogens is 230 g/mol. The lowest BCUT2D eigenvalue weighted by atomic mass is 9.85. The van der Waals surface area contributed by atoms with Crippen LogP contribution in [0.15, 0.2) is 0 Å². The molecule has 0 saturated heterocycles. The van der Waals surface area contributed by atoms with Crippen LogP contribution in [0.2, 0.25) is 0 Å². The lowest BCUT2D eigenvalue weighted by Gasteiger charge is -2.30. The van der Waals surface area contributed by atoms with Crippen molar-refractivity contribution in [2.75, 3.05) is 13.1 Å². The number of carbonyl (C=O) groups excluding carboxylic acids is 2. The first-order chi connectivity index (χ1) is 8.54. The predicted molar refractivity (Wildman–Crippen MR) is 70.6 cm³/mol. The van der Waals surface area contributed by atoms with Gasteiger partial charge < -0.3 is 16.4 Å². The van der Waals surface area contributed by atoms with E-state index in [1.165, 1.54) is 0 Å². The molecule has 5 heteroatoms. The summed E-state index contributed by atoms with van der Waals surface area (Å²) in [5, 5.41) is 0. The average Bonchev–Trinajstić information content (AvgIpc) is 2.33. The molecule has 0 aromatic rings. The molecule has 0 aromatic carbocycles. The van der Waals surface area contributed by atoms with Crippen molar-refractivity contribution in [1.82, 2.24) is 4.90 Å². The van der Waals surface area contributed by atoms with Crippen molar-refractivity contribution in [3.05, 3.63) is 0 Å². The van der Waals surface area contributed by atoms with Crippen LogP contribution < -0.4 is 11.5 Å². The maximum Gasteiger partial charge on any atom is 0.237 e. The number of rotatable bonds is 6. The molecule has 2 unspecified atom stereocenters. The quantitative estimate of drug-likeness (QED) is 0.729. The monoisotopic (exact) mass is 255 g/mol. The van der Waals surface area contributed by atoms with E-state index in [4.69, 9.17) is 11.5 Å². The van der Waals surface area contributed by atoms with Gasteiger partial charge in [-0.2, -0.15) is 0 Å². The minimum Gasteiger partial charge on any atom is -0.368 e. The van der Waals surface area contributed by atoms with Gasteiger partial charge in [-0.1, -0.05) is 19.8 Å². The van der Waals surface area contributed by atoms with Gasteiger partial charge in [0.1, 0.15) is 0 Å². The summed E-state index contributed by atoms with van der Waals surface area (Å²) >= 11 is 0. The molecule has 2 amide bonds. The van der Waals surface area contributed by atoms with E-state index >= 15 is 0 Å². The van der Waals surface area contributed by atoms with Crippen LogP contribution in [-0.4, -0.2) is 35.8 Å². The van der Waals surface area contributed by atoms with Crippen LogP contribution >= 0.6 is 0 Å². The van der Waals surface area contributed by atoms with Crippen molar-refractivity contribution in [2.24, 2.45) is 17.4 Å². The molecular formula is C13H25N3O2. The molecule has 0 radical (unpaired) electrons. The van der Waals surface area contributed by atoms with Crippen molar-refractivity contribution < 1.29 is 9.59 Å². The Kier molecular flexibility index (Phi) is 6.12. The van der Waals surface area contributed by atoms with Crippen LogP contribution in [0.25, 0.3) is 0 Å². The minimum atomic E-state index is -0.445. The third-order valence-electron chi connectivity index (χ3n) is 3.50. The van der Waals surface area contributed by atoms with Crippen LogP contribution in [0.1, 0.15) is 45.4 Å². The van der Waals surface area contributed by atoms with Gasteiger partial charge in [-0.05, 0) is 25.7 Å². The number of hydrogen-bond acceptors (Lipinski definition) is 3. The molecule has 0 heterocycles. The molecule has 0 spiro atoms. The van der Waals surface area contributed by atoms with Crippen LogP contribution in [0.4, 0.5) is 0 Å². The SMILES string of the molecule is CCCCN(CC(N)=O)C(=O)C1CCCC(N)C1. The van der Waals surface area contributed by atoms with E-state index in [0.717, 1.165) is 38.5 Å². The molecule has 1 aliphatic carbocycles. The Morgan fingerprint density at radius 1 is 1.33 bits per heavy atom. The van der Waals surface area contributed by atoms with Crippen molar-refractivity contribution in [2.45, 2.75) is 51.5 Å². The van der Waals surface area contributed by atoms with Gasteiger partial charge >= 0.3 is 0 Å². The fourth-order valence-electron chi connectivity index (χ4n) is 2.51. The average molecular weight is 255 g/mol. The van der Waals surface area contributed by atoms with Crippen LogP contribution in [0.3, 0.4) is 0 Å². The Balaban J connectivity index is 2.58. The second-order valence-corrected chi connectivity index (χ2v) is 5.20. The summed E-state index contributed by atoms with van der Waals surface area (Å²) in [7, 11) is 0. The van der Waals surface area contributed by atoms with Crippen molar-refractivity contribution in [3.63, 3.8) is 0 Å². The second-order valence-electron chi connectivity index (χ2n) is 5.20. The summed E-state index contributed by atoms with van der Waals surface area (Å²) in [5.74, 6) is -0.415. The van der Waals surface area contributed by atoms with E-state index < -0.39 is 5.91 Å². The lowest BCUT2D eigenvalue weighted by molar-refractivity contribution is -0.139. The Morgan fingerprint density at radius 3 is 2.61 bits per heavy atom. The number of carbonyl (C=O) groups is 2. The van der Waals surface area contributed by atoms with Crippen LogP contribution in [0, 0.1) is 5.92 Å². The van der Waals surface area contributed by atoms with Gasteiger partial charge in [0.25, 0.3) is 0 Å². The fraction of sp³-hybridized carbons (Fsp3) is 0.846. The van der Waals surface area contributed by atoms with Gasteiger partial charge in [0.05, 0.1) is 6.54 Å². The first-order valence-electron chi connectivity index (χ1n) is 6.87. The number of amides is 2. The van der Waals surface area contributed by atoms with E-state index in [9.17, 15) is 9.59 Å². The standard InChI is InChI=1S/C13H25N3O2/c1-2-3-7-16(9-12(15)17)13(18)10-5-4-6-11(14)8-10/h10-11H,2-9,14H2,1H3,(H2,15,17). The Labute approximate surface area is 109 Å². The molecule has 104 valence electrons. The topological polar surface area (TPSA) is 89.4 Å². The van der Waals surface area contributed by atoms with E-state index in [0.29, 0.717) is 6.54 Å². The van der Waals surface area contributed by atoms with Gasteiger partial charge in [0, 0.05) is 18.5 Å². The van der Waals surface area contributed by atoms with E-state index in [-0.39, 0.29) is 24.4 Å². The number of nitrogens with two attached hydrogens (primary N) is 2. The zero-order valence-electron chi connectivity index (χ0n) is 11.2. The molecule has 0 aromatic heterocycles. The predicted octanol–water partition coefficient (Wildman–Crippen LogP) is 0.618. The highest BCUT2D eigenvalue weighted by Gasteiger charge is 2.29. The number of primary amides is 1. The molecule has 2 atom stereocenters. The maximum atomic E-state index is 12.3. The Morgan fingerprint density at radius 2 is 2.06 bits per heavy atom. The van der Waals surface area contributed by atoms with Crippen molar-refractivity contribution >= 4 is 11.8 Å². The summed E-state index contributed by atoms with van der Waals surface area (Å²) in [4.78, 5) is 25.0. The van der Waals surface area contributed by atoms with Gasteiger partial charge in [0.15, 0.2) is 0 Å². The van der Waals surface area contributed by atoms with Crippen molar-refractivity contribution in [3.8, 4) is 0 Å². The third kappa shape index (κ3) is 4.64. The summed E-state index contributed by atoms with van der Waals surface area (Å²) in [6.45, 7) is 2.71. The Hall–Kier alpha value is -1.10. The molecule has 0 bridgehead atoms. The summed E-state index contributed by atoms with van der Waals surface area (Å²) < 4.78 is 0. The first kappa shape index (κ1) is 15.0. The van der Waals surface area contributed by atoms with Gasteiger partial charge in [0.2, 0.25) is 11.8 Å². The van der Waals surface area contributed by atoms with Gasteiger partial charge in [-0.15, -0.1) is 0 Å². The molecule has 4 N–H and O–H groups in total. The molecule has 5 nitrogen and oxygen atoms in total. The lowest BCUT2D eigenvalue weighted by Crippen LogP contribution is -2.44. The van der Waals surface area contributed by atoms with Gasteiger partial charge in [-0.25, -0.2) is 0 Å². The molecule has 0 aliphatic heterocycles. The number of nitrogens with zero attached hydrogens (tertiary/aromatic N) is 1. The van der Waals surface area contributed by atoms with Crippen LogP contribution in [-0.2, 0) is 9.59 Å². The third-order valence-corrected chi connectivity index (χ3v) is 3.50. The van der Waals surface area contributed by atoms with Crippen LogP contribution in [0.5, 0.6) is 0 Å². The van der Waals surface area contributed by atoms with Gasteiger partial charge in [-0.3, -0.25) is 9.59 Å². The minimum absolute atomic E-state index is 0.0232. The summed E-state index contributed by atoms with van der Waals surface area (Å²) in [5.41, 5.74) is 11.1. The summed E-state index contributed by atoms with van der Waals surface area (Å²) in [6.07, 6.45) is 5.50. The smallest absolute Gasteiger partial charge is 0.237 e. The molecule has 18 heavy (non-hydrogen) atoms. The number of hydrogen-bond donors (Lipinski definition) is 2. The van der Waals surface area contributed by atoms with E-state index in [1.807, 2.05) is 0 Å². The number of unbranched alkanes of at least 4 members (excludes halogenated alkanes) is 1. The van der Waals surface area contributed by atoms with E-state index in [1.54, 1.807) is 4.90 Å². The zero-order chi connectivity index (χ0) is 13.5. The molecule has 1 rings (SSSR count). The molecule has 1 aliphatic rings. The Bertz CT molecular complexity index is 294. The highest BCUT2D eigenvalue weighted by molar-refractivity contribution is 5.85. The summed E-state index contributed by atoms with van der Waals surface area (Å²) in [6, 6.07) is 0.120. The fourth-order valence-corrected chi connectivity index (χ4v) is 2.51. The molecule has 1 fully saturated rings. The first-order valence-corrected chi connectivity index (χ1v) is 6.87.